The first kappa shape index (κ1) is 27.3. The zero-order valence-electron chi connectivity index (χ0n) is 21.6. The fourth-order valence-electron chi connectivity index (χ4n) is 4.35. The van der Waals surface area contributed by atoms with Crippen LogP contribution in [0.4, 0.5) is 5.82 Å². The maximum absolute atomic E-state index is 13.3. The average molecular weight is 538 g/mol. The standard InChI is InChI=1S/C27H32ClN7O3/c1-33(2)18-24-29-12-15-35(24)21-9-6-19(7-10-21)26(37)31-22(27(38)34-13-4-3-5-14-34)16-25(36)32-23-11-8-20(28)17-30-23/h6-12,15,17,22H,3-5,13-14,16,18H2,1-2H3,(H,31,37)(H,30,32,36)/t22-/m1/s1. The number of likely N-dealkylation sites (tertiary alicyclic amines) is 1. The number of aromatic nitrogens is 3. The number of rotatable bonds is 9. The van der Waals surface area contributed by atoms with Gasteiger partial charge in [0, 0.05) is 42.9 Å². The highest BCUT2D eigenvalue weighted by atomic mass is 35.5. The second kappa shape index (κ2) is 12.7. The Balaban J connectivity index is 1.47. The highest BCUT2D eigenvalue weighted by molar-refractivity contribution is 6.30. The monoisotopic (exact) mass is 537 g/mol. The zero-order chi connectivity index (χ0) is 27.1. The molecule has 3 heterocycles. The van der Waals surface area contributed by atoms with Crippen molar-refractivity contribution in [3.63, 3.8) is 0 Å². The van der Waals surface area contributed by atoms with Crippen molar-refractivity contribution in [2.45, 2.75) is 38.3 Å². The number of nitrogens with one attached hydrogen (secondary N) is 2. The molecule has 1 aliphatic heterocycles. The van der Waals surface area contributed by atoms with Crippen molar-refractivity contribution in [3.8, 4) is 5.69 Å². The van der Waals surface area contributed by atoms with Crippen LogP contribution in [0.3, 0.4) is 0 Å². The number of carbonyl (C=O) groups excluding carboxylic acids is 3. The van der Waals surface area contributed by atoms with Crippen LogP contribution in [0.15, 0.2) is 55.0 Å². The summed E-state index contributed by atoms with van der Waals surface area (Å²) in [5, 5.41) is 5.90. The summed E-state index contributed by atoms with van der Waals surface area (Å²) >= 11 is 5.86. The van der Waals surface area contributed by atoms with Gasteiger partial charge in [-0.05, 0) is 69.8 Å². The number of imidazole rings is 1. The van der Waals surface area contributed by atoms with Crippen LogP contribution in [-0.4, -0.2) is 75.3 Å². The van der Waals surface area contributed by atoms with Crippen LogP contribution in [0.25, 0.3) is 5.69 Å². The van der Waals surface area contributed by atoms with Gasteiger partial charge in [-0.15, -0.1) is 0 Å². The van der Waals surface area contributed by atoms with Gasteiger partial charge in [-0.3, -0.25) is 14.4 Å². The summed E-state index contributed by atoms with van der Waals surface area (Å²) in [6.45, 7) is 1.89. The van der Waals surface area contributed by atoms with Crippen molar-refractivity contribution in [3.05, 3.63) is 71.4 Å². The van der Waals surface area contributed by atoms with Crippen LogP contribution >= 0.6 is 11.6 Å². The lowest BCUT2D eigenvalue weighted by atomic mass is 10.1. The first-order chi connectivity index (χ1) is 18.3. The third-order valence-corrected chi connectivity index (χ3v) is 6.46. The lowest BCUT2D eigenvalue weighted by Crippen LogP contribution is -2.51. The Morgan fingerprint density at radius 1 is 1.03 bits per heavy atom. The van der Waals surface area contributed by atoms with Gasteiger partial charge in [0.15, 0.2) is 0 Å². The van der Waals surface area contributed by atoms with E-state index in [1.807, 2.05) is 41.9 Å². The molecule has 3 aromatic rings. The maximum Gasteiger partial charge on any atom is 0.251 e. The number of amides is 3. The van der Waals surface area contributed by atoms with Crippen LogP contribution in [0.1, 0.15) is 41.9 Å². The number of nitrogens with zero attached hydrogens (tertiary/aromatic N) is 5. The minimum Gasteiger partial charge on any atom is -0.341 e. The third kappa shape index (κ3) is 7.17. The summed E-state index contributed by atoms with van der Waals surface area (Å²) in [4.78, 5) is 51.5. The number of pyridine rings is 1. The Hall–Kier alpha value is -3.76. The second-order valence-electron chi connectivity index (χ2n) is 9.52. The molecule has 1 fully saturated rings. The predicted molar refractivity (Wildman–Crippen MR) is 145 cm³/mol. The van der Waals surface area contributed by atoms with Gasteiger partial charge in [-0.2, -0.15) is 0 Å². The molecule has 0 aliphatic carbocycles. The molecule has 1 atom stereocenters. The van der Waals surface area contributed by atoms with E-state index in [1.54, 1.807) is 35.4 Å². The molecule has 2 aromatic heterocycles. The molecule has 1 aliphatic rings. The Morgan fingerprint density at radius 2 is 1.76 bits per heavy atom. The smallest absolute Gasteiger partial charge is 0.251 e. The minimum atomic E-state index is -1.01. The molecule has 0 saturated carbocycles. The molecule has 0 radical (unpaired) electrons. The number of anilines is 1. The fraction of sp³-hybridized carbons (Fsp3) is 0.370. The Kier molecular flexibility index (Phi) is 9.09. The van der Waals surface area contributed by atoms with Gasteiger partial charge >= 0.3 is 0 Å². The van der Waals surface area contributed by atoms with Crippen LogP contribution < -0.4 is 10.6 Å². The van der Waals surface area contributed by atoms with Gasteiger partial charge in [0.2, 0.25) is 11.8 Å². The van der Waals surface area contributed by atoms with Gasteiger partial charge < -0.3 is 25.0 Å². The lowest BCUT2D eigenvalue weighted by molar-refractivity contribution is -0.135. The van der Waals surface area contributed by atoms with Crippen molar-refractivity contribution >= 4 is 35.1 Å². The van der Waals surface area contributed by atoms with E-state index >= 15 is 0 Å². The van der Waals surface area contributed by atoms with Gasteiger partial charge in [0.25, 0.3) is 5.91 Å². The van der Waals surface area contributed by atoms with Gasteiger partial charge in [-0.25, -0.2) is 9.97 Å². The first-order valence-corrected chi connectivity index (χ1v) is 13.0. The molecular weight excluding hydrogens is 506 g/mol. The molecule has 38 heavy (non-hydrogen) atoms. The molecule has 11 heteroatoms. The summed E-state index contributed by atoms with van der Waals surface area (Å²) in [6.07, 6.45) is 7.68. The van der Waals surface area contributed by atoms with Gasteiger partial charge in [-0.1, -0.05) is 11.6 Å². The Morgan fingerprint density at radius 3 is 2.42 bits per heavy atom. The quantitative estimate of drug-likeness (QED) is 0.434. The normalized spacial score (nSPS) is 14.3. The number of hydrogen-bond acceptors (Lipinski definition) is 6. The van der Waals surface area contributed by atoms with Crippen LogP contribution in [-0.2, 0) is 16.1 Å². The average Bonchev–Trinajstić information content (AvgIpc) is 3.37. The van der Waals surface area contributed by atoms with Crippen LogP contribution in [0.2, 0.25) is 5.02 Å². The summed E-state index contributed by atoms with van der Waals surface area (Å²) in [5.74, 6) is 0.0719. The molecule has 200 valence electrons. The van der Waals surface area contributed by atoms with E-state index in [4.69, 9.17) is 11.6 Å². The zero-order valence-corrected chi connectivity index (χ0v) is 22.3. The van der Waals surface area contributed by atoms with Crippen molar-refractivity contribution in [2.75, 3.05) is 32.5 Å². The molecular formula is C27H32ClN7O3. The highest BCUT2D eigenvalue weighted by Crippen LogP contribution is 2.16. The van der Waals surface area contributed by atoms with E-state index < -0.39 is 17.9 Å². The maximum atomic E-state index is 13.3. The lowest BCUT2D eigenvalue weighted by Gasteiger charge is -2.30. The Bertz CT molecular complexity index is 1250. The van der Waals surface area contributed by atoms with Crippen LogP contribution in [0, 0.1) is 0 Å². The topological polar surface area (TPSA) is 112 Å². The van der Waals surface area contributed by atoms with E-state index in [0.717, 1.165) is 30.8 Å². The van der Waals surface area contributed by atoms with E-state index in [1.165, 1.54) is 6.20 Å². The highest BCUT2D eigenvalue weighted by Gasteiger charge is 2.29. The number of benzene rings is 1. The molecule has 3 amide bonds. The van der Waals surface area contributed by atoms with Crippen molar-refractivity contribution in [1.29, 1.82) is 0 Å². The molecule has 1 saturated heterocycles. The largest absolute Gasteiger partial charge is 0.341 e. The summed E-state index contributed by atoms with van der Waals surface area (Å²) < 4.78 is 1.96. The number of halogens is 1. The number of carbonyl (C=O) groups is 3. The molecule has 2 N–H and O–H groups in total. The van der Waals surface area contributed by atoms with E-state index in [-0.39, 0.29) is 12.3 Å². The summed E-state index contributed by atoms with van der Waals surface area (Å²) in [6, 6.07) is 9.24. The number of piperidine rings is 1. The van der Waals surface area contributed by atoms with Crippen LogP contribution in [0.5, 0.6) is 0 Å². The molecule has 4 rings (SSSR count). The SMILES string of the molecule is CN(C)Cc1nccn1-c1ccc(C(=O)N[C@H](CC(=O)Nc2ccc(Cl)cn2)C(=O)N2CCCCC2)cc1. The minimum absolute atomic E-state index is 0.216. The first-order valence-electron chi connectivity index (χ1n) is 12.6. The molecule has 0 spiro atoms. The van der Waals surface area contributed by atoms with E-state index in [2.05, 4.69) is 20.6 Å². The molecule has 0 bridgehead atoms. The molecule has 0 unspecified atom stereocenters. The fourth-order valence-corrected chi connectivity index (χ4v) is 4.46. The molecule has 10 nitrogen and oxygen atoms in total. The predicted octanol–water partition coefficient (Wildman–Crippen LogP) is 3.12. The summed E-state index contributed by atoms with van der Waals surface area (Å²) in [7, 11) is 3.95. The van der Waals surface area contributed by atoms with E-state index in [0.29, 0.717) is 36.0 Å². The number of hydrogen-bond donors (Lipinski definition) is 2. The molecule has 1 aromatic carbocycles. The van der Waals surface area contributed by atoms with Crippen molar-refractivity contribution in [2.24, 2.45) is 0 Å². The van der Waals surface area contributed by atoms with Gasteiger partial charge in [0.1, 0.15) is 17.7 Å². The van der Waals surface area contributed by atoms with Gasteiger partial charge in [0.05, 0.1) is 18.0 Å². The van der Waals surface area contributed by atoms with Crippen molar-refractivity contribution in [1.82, 2.24) is 29.7 Å². The summed E-state index contributed by atoms with van der Waals surface area (Å²) in [5.41, 5.74) is 1.26. The van der Waals surface area contributed by atoms with E-state index in [9.17, 15) is 14.4 Å². The Labute approximate surface area is 227 Å². The second-order valence-corrected chi connectivity index (χ2v) is 9.96. The third-order valence-electron chi connectivity index (χ3n) is 6.24. The van der Waals surface area contributed by atoms with Crippen molar-refractivity contribution < 1.29 is 14.4 Å².